The van der Waals surface area contributed by atoms with E-state index in [9.17, 15) is 0 Å². The molecule has 0 aliphatic heterocycles. The minimum Gasteiger partial charge on any atom is -0.0923 e. The van der Waals surface area contributed by atoms with E-state index in [0.717, 1.165) is 41.4 Å². The molecule has 3 fully saturated rings. The highest BCUT2D eigenvalue weighted by atomic mass is 14.6. The molecule has 0 bridgehead atoms. The zero-order chi connectivity index (χ0) is 24.0. The lowest BCUT2D eigenvalue weighted by molar-refractivity contribution is -0.101. The van der Waals surface area contributed by atoms with E-state index in [1.54, 1.807) is 0 Å². The fourth-order valence-electron chi connectivity index (χ4n) is 9.27. The van der Waals surface area contributed by atoms with E-state index in [-0.39, 0.29) is 5.41 Å². The Kier molecular flexibility index (Phi) is 7.23. The summed E-state index contributed by atoms with van der Waals surface area (Å²) in [5, 5.41) is 0. The number of allylic oxidation sites excluding steroid dienone is 2. The first kappa shape index (κ1) is 25.4. The minimum absolute atomic E-state index is 0.109. The van der Waals surface area contributed by atoms with Gasteiger partial charge in [-0.15, -0.1) is 0 Å². The van der Waals surface area contributed by atoms with Gasteiger partial charge in [0.1, 0.15) is 0 Å². The van der Waals surface area contributed by atoms with Gasteiger partial charge >= 0.3 is 0 Å². The highest BCUT2D eigenvalue weighted by Gasteiger charge is 2.60. The molecule has 0 heterocycles. The molecule has 0 aromatic rings. The van der Waals surface area contributed by atoms with Crippen molar-refractivity contribution >= 4 is 0 Å². The van der Waals surface area contributed by atoms with Gasteiger partial charge in [-0.05, 0) is 130 Å². The monoisotopic (exact) mass is 450 g/mol. The normalized spacial score (nSPS) is 41.4. The Balaban J connectivity index is 1.46. The van der Waals surface area contributed by atoms with Gasteiger partial charge in [-0.25, -0.2) is 0 Å². The van der Waals surface area contributed by atoms with Crippen LogP contribution >= 0.6 is 0 Å². The third-order valence-corrected chi connectivity index (χ3v) is 11.1. The fraction of sp³-hybridized carbons (Fsp3) is 0.879. The maximum Gasteiger partial charge on any atom is 0.0233 e. The van der Waals surface area contributed by atoms with Gasteiger partial charge in [0.05, 0.1) is 0 Å². The molecule has 8 atom stereocenters. The molecule has 0 aromatic heterocycles. The van der Waals surface area contributed by atoms with Crippen molar-refractivity contribution in [1.29, 1.82) is 0 Å². The molecule has 4 aliphatic carbocycles. The molecule has 4 aliphatic rings. The molecule has 0 spiro atoms. The molecule has 0 radical (unpaired) electrons. The van der Waals surface area contributed by atoms with Crippen molar-refractivity contribution in [2.24, 2.45) is 57.7 Å². The Labute approximate surface area is 207 Å². The summed E-state index contributed by atoms with van der Waals surface area (Å²) in [4.78, 5) is 0. The summed E-state index contributed by atoms with van der Waals surface area (Å²) in [6.45, 7) is 19.5. The van der Waals surface area contributed by atoms with E-state index < -0.39 is 0 Å². The van der Waals surface area contributed by atoms with Crippen molar-refractivity contribution in [3.8, 4) is 11.8 Å². The van der Waals surface area contributed by atoms with Gasteiger partial charge in [0, 0.05) is 5.41 Å². The second-order valence-electron chi connectivity index (χ2n) is 14.8. The van der Waals surface area contributed by atoms with Crippen LogP contribution in [-0.2, 0) is 0 Å². The Morgan fingerprint density at radius 3 is 2.36 bits per heavy atom. The third-order valence-electron chi connectivity index (χ3n) is 11.1. The highest BCUT2D eigenvalue weighted by Crippen LogP contribution is 2.68. The van der Waals surface area contributed by atoms with E-state index in [2.05, 4.69) is 73.3 Å². The molecular formula is C33H54. The van der Waals surface area contributed by atoms with E-state index in [1.807, 2.05) is 0 Å². The van der Waals surface area contributed by atoms with Gasteiger partial charge in [-0.1, -0.05) is 71.8 Å². The van der Waals surface area contributed by atoms with Crippen molar-refractivity contribution in [2.45, 2.75) is 126 Å². The first-order valence-electron chi connectivity index (χ1n) is 14.7. The molecule has 186 valence electrons. The highest BCUT2D eigenvalue weighted by molar-refractivity contribution is 5.33. The minimum atomic E-state index is 0.109. The smallest absolute Gasteiger partial charge is 0.0233 e. The van der Waals surface area contributed by atoms with Crippen LogP contribution in [0.25, 0.3) is 0 Å². The van der Waals surface area contributed by atoms with Crippen LogP contribution in [0.4, 0.5) is 0 Å². The molecule has 3 saturated carbocycles. The molecule has 0 nitrogen and oxygen atoms in total. The number of hydrogen-bond donors (Lipinski definition) is 0. The van der Waals surface area contributed by atoms with Crippen molar-refractivity contribution in [1.82, 2.24) is 0 Å². The van der Waals surface area contributed by atoms with Gasteiger partial charge in [-0.3, -0.25) is 0 Å². The lowest BCUT2D eigenvalue weighted by Crippen LogP contribution is -2.52. The van der Waals surface area contributed by atoms with Crippen LogP contribution in [0, 0.1) is 69.5 Å². The largest absolute Gasteiger partial charge is 0.0923 e. The molecule has 0 aromatic carbocycles. The summed E-state index contributed by atoms with van der Waals surface area (Å²) < 4.78 is 0. The summed E-state index contributed by atoms with van der Waals surface area (Å²) in [5.74, 6) is 13.7. The number of hydrogen-bond acceptors (Lipinski definition) is 0. The van der Waals surface area contributed by atoms with Crippen LogP contribution in [0.2, 0.25) is 0 Å². The summed E-state index contributed by atoms with van der Waals surface area (Å²) in [5.41, 5.74) is 2.70. The molecule has 33 heavy (non-hydrogen) atoms. The van der Waals surface area contributed by atoms with Crippen LogP contribution in [0.1, 0.15) is 126 Å². The maximum absolute atomic E-state index is 3.58. The molecule has 0 saturated heterocycles. The lowest BCUT2D eigenvalue weighted by atomic mass is 9.45. The standard InChI is InChI=1S/C33H54/c1-23(2)10-9-11-24(3)28-14-15-29-27-13-12-26-22-25(16-19-31(4,5)6)17-20-32(26,7)30(27)18-21-33(28,29)8/h17,23-24,26-30H,9-15,18,20-22H2,1-8H3/t24-,26+,27+,28-,29+,30+,32+,33-/m1/s1. The van der Waals surface area contributed by atoms with Gasteiger partial charge < -0.3 is 0 Å². The Morgan fingerprint density at radius 2 is 1.67 bits per heavy atom. The molecule has 4 rings (SSSR count). The first-order chi connectivity index (χ1) is 15.4. The van der Waals surface area contributed by atoms with E-state index >= 15 is 0 Å². The average molecular weight is 451 g/mol. The molecule has 0 heteroatoms. The first-order valence-corrected chi connectivity index (χ1v) is 14.7. The van der Waals surface area contributed by atoms with Gasteiger partial charge in [0.15, 0.2) is 0 Å². The number of fused-ring (bicyclic) bond motifs is 5. The quantitative estimate of drug-likeness (QED) is 0.366. The van der Waals surface area contributed by atoms with E-state index in [4.69, 9.17) is 0 Å². The van der Waals surface area contributed by atoms with Crippen molar-refractivity contribution in [2.75, 3.05) is 0 Å². The molecule has 0 unspecified atom stereocenters. The summed E-state index contributed by atoms with van der Waals surface area (Å²) in [7, 11) is 0. The molecular weight excluding hydrogens is 396 g/mol. The zero-order valence-corrected chi connectivity index (χ0v) is 23.4. The topological polar surface area (TPSA) is 0 Å². The molecule has 0 amide bonds. The Hall–Kier alpha value is -0.700. The van der Waals surface area contributed by atoms with Crippen LogP contribution < -0.4 is 0 Å². The van der Waals surface area contributed by atoms with Gasteiger partial charge in [0.25, 0.3) is 0 Å². The van der Waals surface area contributed by atoms with E-state index in [1.165, 1.54) is 76.2 Å². The van der Waals surface area contributed by atoms with Crippen LogP contribution in [-0.4, -0.2) is 0 Å². The predicted octanol–water partition coefficient (Wildman–Crippen LogP) is 9.69. The molecule has 0 N–H and O–H groups in total. The van der Waals surface area contributed by atoms with E-state index in [0.29, 0.717) is 10.8 Å². The predicted molar refractivity (Wildman–Crippen MR) is 144 cm³/mol. The van der Waals surface area contributed by atoms with Gasteiger partial charge in [0.2, 0.25) is 0 Å². The van der Waals surface area contributed by atoms with Crippen LogP contribution in [0.3, 0.4) is 0 Å². The SMILES string of the molecule is CC(C)CCC[C@@H](C)[C@H]1CC[C@H]2[C@@H]3CC[C@H]4CC(C#CC(C)(C)C)=CC[C@]4(C)[C@H]3CC[C@]12C. The second-order valence-corrected chi connectivity index (χ2v) is 14.8. The van der Waals surface area contributed by atoms with Crippen molar-refractivity contribution in [3.05, 3.63) is 11.6 Å². The summed E-state index contributed by atoms with van der Waals surface area (Å²) in [6, 6.07) is 0. The lowest BCUT2D eigenvalue weighted by Gasteiger charge is -2.60. The maximum atomic E-state index is 3.58. The van der Waals surface area contributed by atoms with Gasteiger partial charge in [-0.2, -0.15) is 0 Å². The van der Waals surface area contributed by atoms with Crippen LogP contribution in [0.15, 0.2) is 11.6 Å². The van der Waals surface area contributed by atoms with Crippen molar-refractivity contribution in [3.63, 3.8) is 0 Å². The average Bonchev–Trinajstić information content (AvgIpc) is 3.08. The summed E-state index contributed by atoms with van der Waals surface area (Å²) >= 11 is 0. The zero-order valence-electron chi connectivity index (χ0n) is 23.4. The van der Waals surface area contributed by atoms with Crippen molar-refractivity contribution < 1.29 is 0 Å². The third kappa shape index (κ3) is 5.00. The second kappa shape index (κ2) is 9.40. The number of rotatable bonds is 5. The summed E-state index contributed by atoms with van der Waals surface area (Å²) in [6.07, 6.45) is 18.4. The van der Waals surface area contributed by atoms with Crippen LogP contribution in [0.5, 0.6) is 0 Å². The Bertz CT molecular complexity index is 781. The Morgan fingerprint density at radius 1 is 0.939 bits per heavy atom. The fourth-order valence-corrected chi connectivity index (χ4v) is 9.27.